The molecule has 6 nitrogen and oxygen atoms in total. The quantitative estimate of drug-likeness (QED) is 0.168. The van der Waals surface area contributed by atoms with Gasteiger partial charge in [-0.1, -0.05) is 46.1 Å². The van der Waals surface area contributed by atoms with E-state index < -0.39 is 23.3 Å². The van der Waals surface area contributed by atoms with Gasteiger partial charge in [0.05, 0.1) is 19.8 Å². The van der Waals surface area contributed by atoms with Crippen molar-refractivity contribution in [3.05, 3.63) is 12.7 Å². The van der Waals surface area contributed by atoms with Gasteiger partial charge < -0.3 is 14.2 Å². The van der Waals surface area contributed by atoms with Crippen LogP contribution in [0.5, 0.6) is 0 Å². The van der Waals surface area contributed by atoms with Gasteiger partial charge in [0.2, 0.25) is 0 Å². The third kappa shape index (κ3) is 6.34. The summed E-state index contributed by atoms with van der Waals surface area (Å²) >= 11 is 0. The van der Waals surface area contributed by atoms with Crippen LogP contribution in [0.4, 0.5) is 0 Å². The number of rotatable bonds is 13. The normalized spacial score (nSPS) is 10.8. The Morgan fingerprint density at radius 3 is 1.25 bits per heavy atom. The van der Waals surface area contributed by atoms with Crippen molar-refractivity contribution in [2.24, 2.45) is 5.41 Å². The van der Waals surface area contributed by atoms with Gasteiger partial charge in [-0.2, -0.15) is 0 Å². The summed E-state index contributed by atoms with van der Waals surface area (Å²) in [4.78, 5) is 37.3. The highest BCUT2D eigenvalue weighted by Gasteiger charge is 2.55. The fraction of sp³-hybridized carbons (Fsp3) is 0.722. The number of hydrogen-bond donors (Lipinski definition) is 0. The van der Waals surface area contributed by atoms with Gasteiger partial charge in [0, 0.05) is 0 Å². The van der Waals surface area contributed by atoms with Crippen molar-refractivity contribution < 1.29 is 28.6 Å². The standard InChI is InChI=1S/C18H30O6/c1-5-9-12-22-15(19)18(8-4,16(20)23-13-10-6-2)17(21)24-14-11-7-3/h8H,4-7,9-14H2,1-3H3. The van der Waals surface area contributed by atoms with E-state index in [1.165, 1.54) is 0 Å². The number of esters is 3. The maximum Gasteiger partial charge on any atom is 0.339 e. The molecule has 0 spiro atoms. The summed E-state index contributed by atoms with van der Waals surface area (Å²) in [5.74, 6) is -2.98. The third-order valence-electron chi connectivity index (χ3n) is 3.47. The SMILES string of the molecule is C=CC(C(=O)OCCCC)(C(=O)OCCCC)C(=O)OCCCC. The van der Waals surface area contributed by atoms with Crippen LogP contribution in [-0.2, 0) is 28.6 Å². The average Bonchev–Trinajstić information content (AvgIpc) is 2.56. The predicted molar refractivity (Wildman–Crippen MR) is 90.2 cm³/mol. The Kier molecular flexibility index (Phi) is 11.6. The summed E-state index contributed by atoms with van der Waals surface area (Å²) in [6, 6.07) is 0. The van der Waals surface area contributed by atoms with E-state index in [9.17, 15) is 14.4 Å². The number of hydrogen-bond acceptors (Lipinski definition) is 6. The number of carbonyl (C=O) groups is 3. The van der Waals surface area contributed by atoms with Gasteiger partial charge in [-0.15, -0.1) is 6.58 Å². The van der Waals surface area contributed by atoms with E-state index in [4.69, 9.17) is 14.2 Å². The molecule has 0 atom stereocenters. The van der Waals surface area contributed by atoms with Crippen LogP contribution in [0.2, 0.25) is 0 Å². The molecule has 0 aromatic carbocycles. The predicted octanol–water partition coefficient (Wildman–Crippen LogP) is 3.19. The zero-order valence-electron chi connectivity index (χ0n) is 15.1. The van der Waals surface area contributed by atoms with E-state index in [2.05, 4.69) is 6.58 Å². The van der Waals surface area contributed by atoms with Crippen molar-refractivity contribution in [1.29, 1.82) is 0 Å². The van der Waals surface area contributed by atoms with Crippen molar-refractivity contribution in [2.45, 2.75) is 59.3 Å². The Hall–Kier alpha value is -1.85. The lowest BCUT2D eigenvalue weighted by Gasteiger charge is -2.24. The van der Waals surface area contributed by atoms with Gasteiger partial charge in [-0.3, -0.25) is 0 Å². The molecule has 0 saturated carbocycles. The van der Waals surface area contributed by atoms with Gasteiger partial charge in [0.25, 0.3) is 5.41 Å². The molecular weight excluding hydrogens is 312 g/mol. The first-order valence-electron chi connectivity index (χ1n) is 8.66. The molecule has 0 aromatic rings. The molecule has 0 aliphatic heterocycles. The van der Waals surface area contributed by atoms with E-state index in [1.54, 1.807) is 0 Å². The van der Waals surface area contributed by atoms with E-state index in [0.717, 1.165) is 25.3 Å². The van der Waals surface area contributed by atoms with Crippen molar-refractivity contribution in [2.75, 3.05) is 19.8 Å². The molecule has 0 aliphatic rings. The summed E-state index contributed by atoms with van der Waals surface area (Å²) in [5, 5.41) is 0. The number of ether oxygens (including phenoxy) is 3. The van der Waals surface area contributed by atoms with Crippen LogP contribution in [0.1, 0.15) is 59.3 Å². The average molecular weight is 342 g/mol. The van der Waals surface area contributed by atoms with Crippen LogP contribution in [-0.4, -0.2) is 37.7 Å². The van der Waals surface area contributed by atoms with E-state index in [1.807, 2.05) is 20.8 Å². The first-order valence-corrected chi connectivity index (χ1v) is 8.66. The van der Waals surface area contributed by atoms with Crippen LogP contribution < -0.4 is 0 Å². The van der Waals surface area contributed by atoms with Gasteiger partial charge >= 0.3 is 17.9 Å². The second-order valence-electron chi connectivity index (χ2n) is 5.48. The van der Waals surface area contributed by atoms with Gasteiger partial charge in [-0.05, 0) is 19.3 Å². The number of carbonyl (C=O) groups excluding carboxylic acids is 3. The molecule has 0 amide bonds. The topological polar surface area (TPSA) is 78.9 Å². The van der Waals surface area contributed by atoms with Crippen molar-refractivity contribution in [3.63, 3.8) is 0 Å². The monoisotopic (exact) mass is 342 g/mol. The van der Waals surface area contributed by atoms with Crippen LogP contribution in [0.3, 0.4) is 0 Å². The van der Waals surface area contributed by atoms with E-state index in [-0.39, 0.29) is 19.8 Å². The Labute approximate surface area is 144 Å². The Morgan fingerprint density at radius 2 is 1.04 bits per heavy atom. The Balaban J connectivity index is 5.25. The van der Waals surface area contributed by atoms with E-state index in [0.29, 0.717) is 19.3 Å². The molecule has 24 heavy (non-hydrogen) atoms. The van der Waals surface area contributed by atoms with Gasteiger partial charge in [0.15, 0.2) is 0 Å². The summed E-state index contributed by atoms with van der Waals surface area (Å²) in [6.07, 6.45) is 5.31. The molecule has 0 bridgehead atoms. The van der Waals surface area contributed by atoms with Gasteiger partial charge in [0.1, 0.15) is 0 Å². The molecule has 0 N–H and O–H groups in total. The maximum absolute atomic E-state index is 12.4. The Bertz CT molecular complexity index is 361. The Morgan fingerprint density at radius 1 is 0.750 bits per heavy atom. The highest BCUT2D eigenvalue weighted by Crippen LogP contribution is 2.26. The van der Waals surface area contributed by atoms with Crippen molar-refractivity contribution in [3.8, 4) is 0 Å². The van der Waals surface area contributed by atoms with Gasteiger partial charge in [-0.25, -0.2) is 14.4 Å². The molecule has 0 fully saturated rings. The zero-order chi connectivity index (χ0) is 18.4. The molecule has 0 saturated heterocycles. The van der Waals surface area contributed by atoms with E-state index >= 15 is 0 Å². The fourth-order valence-electron chi connectivity index (χ4n) is 1.77. The minimum absolute atomic E-state index is 0.120. The third-order valence-corrected chi connectivity index (χ3v) is 3.47. The lowest BCUT2D eigenvalue weighted by atomic mass is 9.88. The highest BCUT2D eigenvalue weighted by atomic mass is 16.6. The molecule has 0 rings (SSSR count). The lowest BCUT2D eigenvalue weighted by Crippen LogP contribution is -2.48. The highest BCUT2D eigenvalue weighted by molar-refractivity contribution is 6.20. The molecule has 0 unspecified atom stereocenters. The second kappa shape index (κ2) is 12.6. The summed E-state index contributed by atoms with van der Waals surface area (Å²) in [5.41, 5.74) is -2.25. The minimum Gasteiger partial charge on any atom is -0.464 e. The smallest absolute Gasteiger partial charge is 0.339 e. The fourth-order valence-corrected chi connectivity index (χ4v) is 1.77. The molecule has 0 heterocycles. The van der Waals surface area contributed by atoms with Crippen LogP contribution in [0.25, 0.3) is 0 Å². The molecule has 0 radical (unpaired) electrons. The molecule has 6 heteroatoms. The maximum atomic E-state index is 12.4. The minimum atomic E-state index is -2.25. The molecule has 138 valence electrons. The summed E-state index contributed by atoms with van der Waals surface area (Å²) in [6.45, 7) is 9.65. The summed E-state index contributed by atoms with van der Waals surface area (Å²) < 4.78 is 15.2. The first kappa shape index (κ1) is 22.1. The van der Waals surface area contributed by atoms with Crippen molar-refractivity contribution in [1.82, 2.24) is 0 Å². The first-order chi connectivity index (χ1) is 11.5. The number of unbranched alkanes of at least 4 members (excludes halogenated alkanes) is 3. The zero-order valence-corrected chi connectivity index (χ0v) is 15.1. The van der Waals surface area contributed by atoms with Crippen molar-refractivity contribution >= 4 is 17.9 Å². The molecule has 0 aliphatic carbocycles. The van der Waals surface area contributed by atoms with Crippen LogP contribution in [0.15, 0.2) is 12.7 Å². The molecule has 0 aromatic heterocycles. The second-order valence-corrected chi connectivity index (χ2v) is 5.48. The van der Waals surface area contributed by atoms with Crippen LogP contribution in [0, 0.1) is 5.41 Å². The van der Waals surface area contributed by atoms with Crippen LogP contribution >= 0.6 is 0 Å². The largest absolute Gasteiger partial charge is 0.464 e. The molecular formula is C18H30O6. The summed E-state index contributed by atoms with van der Waals surface area (Å²) in [7, 11) is 0. The lowest BCUT2D eigenvalue weighted by molar-refractivity contribution is -0.179.